The van der Waals surface area contributed by atoms with Gasteiger partial charge in [-0.15, -0.1) is 0 Å². The second kappa shape index (κ2) is 12.4. The summed E-state index contributed by atoms with van der Waals surface area (Å²) < 4.78 is 50.4. The van der Waals surface area contributed by atoms with Crippen LogP contribution in [0.15, 0.2) is 42.5 Å². The number of nitrogens with one attached hydrogen (secondary N) is 2. The third kappa shape index (κ3) is 8.27. The van der Waals surface area contributed by atoms with Gasteiger partial charge >= 0.3 is 6.09 Å². The summed E-state index contributed by atoms with van der Waals surface area (Å²) in [6, 6.07) is 7.58. The highest BCUT2D eigenvalue weighted by atomic mass is 35.5. The molecule has 0 bridgehead atoms. The number of rotatable bonds is 7. The number of carbonyl (C=O) groups is 3. The van der Waals surface area contributed by atoms with Crippen LogP contribution in [0.3, 0.4) is 0 Å². The summed E-state index contributed by atoms with van der Waals surface area (Å²) in [6.07, 6.45) is -2.94. The van der Waals surface area contributed by atoms with Crippen LogP contribution in [0, 0.1) is 5.82 Å². The standard InChI is InChI=1S/C26H29ClF3N3O5/c1-26(2,3)38-25(36)33-13-17(31-22(34)14-37-18-8-9-19(27)20(28)12-18)7-10-21(33)24(35)32-16-6-4-5-15(11-16)23(29)30/h4-6,8-9,11-12,17,21,23H,7,10,13-14H2,1-3H3,(H,31,34)(H,32,35)/t17-,21+/m0/s1. The zero-order valence-electron chi connectivity index (χ0n) is 21.1. The smallest absolute Gasteiger partial charge is 0.411 e. The maximum atomic E-state index is 13.6. The molecule has 1 fully saturated rings. The molecule has 3 rings (SSSR count). The second-order valence-electron chi connectivity index (χ2n) is 9.77. The highest BCUT2D eigenvalue weighted by molar-refractivity contribution is 6.30. The van der Waals surface area contributed by atoms with E-state index in [1.807, 2.05) is 0 Å². The molecule has 2 aromatic rings. The summed E-state index contributed by atoms with van der Waals surface area (Å²) in [4.78, 5) is 39.7. The van der Waals surface area contributed by atoms with Crippen molar-refractivity contribution in [1.82, 2.24) is 10.2 Å². The lowest BCUT2D eigenvalue weighted by molar-refractivity contribution is -0.125. The molecule has 12 heteroatoms. The summed E-state index contributed by atoms with van der Waals surface area (Å²) in [5.74, 6) is -1.65. The first-order valence-corrected chi connectivity index (χ1v) is 12.3. The molecular formula is C26H29ClF3N3O5. The molecule has 1 aliphatic heterocycles. The van der Waals surface area contributed by atoms with Gasteiger partial charge in [0.1, 0.15) is 23.2 Å². The van der Waals surface area contributed by atoms with Gasteiger partial charge in [0.05, 0.1) is 5.02 Å². The van der Waals surface area contributed by atoms with Crippen LogP contribution in [0.4, 0.5) is 23.7 Å². The van der Waals surface area contributed by atoms with E-state index in [2.05, 4.69) is 10.6 Å². The minimum atomic E-state index is -2.70. The maximum absolute atomic E-state index is 13.6. The van der Waals surface area contributed by atoms with Gasteiger partial charge in [0.15, 0.2) is 6.61 Å². The van der Waals surface area contributed by atoms with E-state index < -0.39 is 54.4 Å². The summed E-state index contributed by atoms with van der Waals surface area (Å²) >= 11 is 5.64. The number of likely N-dealkylation sites (tertiary alicyclic amines) is 1. The Morgan fingerprint density at radius 1 is 1.13 bits per heavy atom. The molecule has 1 heterocycles. The van der Waals surface area contributed by atoms with E-state index in [-0.39, 0.29) is 35.0 Å². The number of piperidine rings is 1. The predicted octanol–water partition coefficient (Wildman–Crippen LogP) is 5.32. The number of nitrogens with zero attached hydrogens (tertiary/aromatic N) is 1. The first kappa shape index (κ1) is 29.1. The predicted molar refractivity (Wildman–Crippen MR) is 135 cm³/mol. The number of halogens is 4. The van der Waals surface area contributed by atoms with Crippen LogP contribution in [-0.4, -0.2) is 53.6 Å². The van der Waals surface area contributed by atoms with Gasteiger partial charge in [-0.2, -0.15) is 0 Å². The average molecular weight is 556 g/mol. The molecule has 1 saturated heterocycles. The Morgan fingerprint density at radius 3 is 2.53 bits per heavy atom. The lowest BCUT2D eigenvalue weighted by Gasteiger charge is -2.39. The van der Waals surface area contributed by atoms with E-state index in [9.17, 15) is 27.6 Å². The summed E-state index contributed by atoms with van der Waals surface area (Å²) in [7, 11) is 0. The van der Waals surface area contributed by atoms with Crippen molar-refractivity contribution in [3.05, 3.63) is 58.9 Å². The Morgan fingerprint density at radius 2 is 1.87 bits per heavy atom. The number of hydrogen-bond acceptors (Lipinski definition) is 5. The Labute approximate surface area is 223 Å². The molecule has 1 aliphatic rings. The van der Waals surface area contributed by atoms with Crippen molar-refractivity contribution in [2.75, 3.05) is 18.5 Å². The summed E-state index contributed by atoms with van der Waals surface area (Å²) in [6.45, 7) is 4.58. The molecule has 8 nitrogen and oxygen atoms in total. The van der Waals surface area contributed by atoms with Crippen LogP contribution >= 0.6 is 11.6 Å². The zero-order chi connectivity index (χ0) is 28.0. The van der Waals surface area contributed by atoms with Crippen LogP contribution in [0.1, 0.15) is 45.6 Å². The average Bonchev–Trinajstić information content (AvgIpc) is 2.83. The van der Waals surface area contributed by atoms with E-state index in [4.69, 9.17) is 21.1 Å². The Hall–Kier alpha value is -3.47. The molecule has 0 aliphatic carbocycles. The lowest BCUT2D eigenvalue weighted by Crippen LogP contribution is -2.58. The first-order valence-electron chi connectivity index (χ1n) is 11.9. The molecule has 38 heavy (non-hydrogen) atoms. The van der Waals surface area contributed by atoms with Crippen molar-refractivity contribution in [3.8, 4) is 5.75 Å². The van der Waals surface area contributed by atoms with E-state index in [1.165, 1.54) is 41.3 Å². The molecule has 0 radical (unpaired) electrons. The van der Waals surface area contributed by atoms with Crippen LogP contribution in [0.5, 0.6) is 5.75 Å². The van der Waals surface area contributed by atoms with E-state index in [0.29, 0.717) is 6.42 Å². The van der Waals surface area contributed by atoms with Crippen molar-refractivity contribution >= 4 is 35.2 Å². The molecule has 0 aromatic heterocycles. The van der Waals surface area contributed by atoms with Crippen molar-refractivity contribution in [2.24, 2.45) is 0 Å². The number of ether oxygens (including phenoxy) is 2. The van der Waals surface area contributed by atoms with Crippen molar-refractivity contribution < 1.29 is 37.0 Å². The number of hydrogen-bond donors (Lipinski definition) is 2. The fourth-order valence-electron chi connectivity index (χ4n) is 3.85. The lowest BCUT2D eigenvalue weighted by atomic mass is 9.97. The van der Waals surface area contributed by atoms with Crippen LogP contribution in [0.2, 0.25) is 5.02 Å². The molecule has 3 amide bonds. The van der Waals surface area contributed by atoms with E-state index in [0.717, 1.165) is 6.07 Å². The van der Waals surface area contributed by atoms with Gasteiger partial charge in [0.25, 0.3) is 12.3 Å². The van der Waals surface area contributed by atoms with Crippen LogP contribution in [-0.2, 0) is 14.3 Å². The van der Waals surface area contributed by atoms with E-state index >= 15 is 0 Å². The monoisotopic (exact) mass is 555 g/mol. The molecule has 0 saturated carbocycles. The fourth-order valence-corrected chi connectivity index (χ4v) is 3.96. The largest absolute Gasteiger partial charge is 0.484 e. The van der Waals surface area contributed by atoms with Gasteiger partial charge < -0.3 is 20.1 Å². The molecule has 2 N–H and O–H groups in total. The van der Waals surface area contributed by atoms with Crippen molar-refractivity contribution in [3.63, 3.8) is 0 Å². The summed E-state index contributed by atoms with van der Waals surface area (Å²) in [5, 5.41) is 5.25. The van der Waals surface area contributed by atoms with Crippen molar-refractivity contribution in [2.45, 2.75) is 57.7 Å². The molecule has 2 atom stereocenters. The third-order valence-corrected chi connectivity index (χ3v) is 5.85. The number of benzene rings is 2. The van der Waals surface area contributed by atoms with E-state index in [1.54, 1.807) is 20.8 Å². The Bertz CT molecular complexity index is 1180. The molecule has 206 valence electrons. The first-order chi connectivity index (χ1) is 17.8. The topological polar surface area (TPSA) is 97.0 Å². The van der Waals surface area contributed by atoms with Gasteiger partial charge in [-0.1, -0.05) is 23.7 Å². The Balaban J connectivity index is 1.66. The normalized spacial score (nSPS) is 17.6. The highest BCUT2D eigenvalue weighted by Crippen LogP contribution is 2.25. The number of carbonyl (C=O) groups excluding carboxylic acids is 3. The van der Waals surface area contributed by atoms with Gasteiger partial charge in [-0.05, 0) is 57.9 Å². The molecule has 2 aromatic carbocycles. The SMILES string of the molecule is CC(C)(C)OC(=O)N1C[C@@H](NC(=O)COc2ccc(Cl)c(F)c2)CC[C@@H]1C(=O)Nc1cccc(C(F)F)c1. The summed E-state index contributed by atoms with van der Waals surface area (Å²) in [5.41, 5.74) is -0.924. The van der Waals surface area contributed by atoms with Crippen LogP contribution in [0.25, 0.3) is 0 Å². The Kier molecular flexibility index (Phi) is 9.48. The van der Waals surface area contributed by atoms with Gasteiger partial charge in [-0.3, -0.25) is 14.5 Å². The highest BCUT2D eigenvalue weighted by Gasteiger charge is 2.38. The van der Waals surface area contributed by atoms with Gasteiger partial charge in [-0.25, -0.2) is 18.0 Å². The number of anilines is 1. The minimum Gasteiger partial charge on any atom is -0.484 e. The second-order valence-corrected chi connectivity index (χ2v) is 10.2. The molecule has 0 unspecified atom stereocenters. The van der Waals surface area contributed by atoms with Gasteiger partial charge in [0.2, 0.25) is 5.91 Å². The van der Waals surface area contributed by atoms with Crippen LogP contribution < -0.4 is 15.4 Å². The minimum absolute atomic E-state index is 0.0363. The third-order valence-electron chi connectivity index (χ3n) is 5.54. The molecule has 0 spiro atoms. The van der Waals surface area contributed by atoms with Gasteiger partial charge in [0, 0.05) is 29.9 Å². The molecular weight excluding hydrogens is 527 g/mol. The number of amides is 3. The fraction of sp³-hybridized carbons (Fsp3) is 0.423. The van der Waals surface area contributed by atoms with Crippen molar-refractivity contribution in [1.29, 1.82) is 0 Å². The zero-order valence-corrected chi connectivity index (χ0v) is 21.9. The quantitative estimate of drug-likeness (QED) is 0.482. The maximum Gasteiger partial charge on any atom is 0.411 e. The number of alkyl halides is 2.